The van der Waals surface area contributed by atoms with Gasteiger partial charge in [-0.05, 0) is 19.4 Å². The zero-order chi connectivity index (χ0) is 6.73. The highest BCUT2D eigenvalue weighted by atomic mass is 14.5. The molecule has 0 rings (SSSR count). The Morgan fingerprint density at radius 3 is 1.62 bits per heavy atom. The molecule has 2 N–H and O–H groups in total. The molecule has 2 nitrogen and oxygen atoms in total. The van der Waals surface area contributed by atoms with E-state index in [2.05, 4.69) is 6.58 Å². The summed E-state index contributed by atoms with van der Waals surface area (Å²) >= 11 is 0. The molecule has 0 saturated carbocycles. The summed E-state index contributed by atoms with van der Waals surface area (Å²) in [4.78, 5) is 0. The van der Waals surface area contributed by atoms with Gasteiger partial charge in [-0.1, -0.05) is 6.58 Å². The second-order valence-corrected chi connectivity index (χ2v) is 1.78. The molecule has 0 heterocycles. The predicted octanol–water partition coefficient (Wildman–Crippen LogP) is 1.62. The lowest BCUT2D eigenvalue weighted by molar-refractivity contribution is 1.43. The maximum absolute atomic E-state index is 7.07. The van der Waals surface area contributed by atoms with Crippen LogP contribution in [0.1, 0.15) is 13.8 Å². The van der Waals surface area contributed by atoms with Crippen LogP contribution < -0.4 is 0 Å². The van der Waals surface area contributed by atoms with E-state index in [1.54, 1.807) is 13.8 Å². The van der Waals surface area contributed by atoms with Crippen LogP contribution in [-0.4, -0.2) is 11.4 Å². The second-order valence-electron chi connectivity index (χ2n) is 1.78. The van der Waals surface area contributed by atoms with Crippen LogP contribution >= 0.6 is 0 Å². The van der Waals surface area contributed by atoms with Crippen molar-refractivity contribution in [1.82, 2.24) is 0 Å². The molecule has 0 spiro atoms. The molecule has 2 heteroatoms. The lowest BCUT2D eigenvalue weighted by Gasteiger charge is -1.95. The number of nitrogens with one attached hydrogen (secondary N) is 2. The average molecular weight is 110 g/mol. The van der Waals surface area contributed by atoms with E-state index in [1.807, 2.05) is 0 Å². The molecule has 0 unspecified atom stereocenters. The Morgan fingerprint density at radius 1 is 1.25 bits per heavy atom. The first kappa shape index (κ1) is 7.08. The van der Waals surface area contributed by atoms with E-state index in [0.29, 0.717) is 5.57 Å². The summed E-state index contributed by atoms with van der Waals surface area (Å²) in [5.74, 6) is 0. The van der Waals surface area contributed by atoms with Crippen molar-refractivity contribution >= 4 is 11.4 Å². The molecule has 0 radical (unpaired) electrons. The largest absolute Gasteiger partial charge is 0.303 e. The van der Waals surface area contributed by atoms with Gasteiger partial charge in [0.05, 0.1) is 11.4 Å². The fourth-order valence-electron chi connectivity index (χ4n) is 0.320. The fourth-order valence-corrected chi connectivity index (χ4v) is 0.320. The van der Waals surface area contributed by atoms with E-state index >= 15 is 0 Å². The Bertz CT molecular complexity index is 129. The van der Waals surface area contributed by atoms with Crippen molar-refractivity contribution < 1.29 is 0 Å². The molecule has 0 aromatic heterocycles. The van der Waals surface area contributed by atoms with E-state index < -0.39 is 0 Å². The van der Waals surface area contributed by atoms with E-state index in [4.69, 9.17) is 10.8 Å². The van der Waals surface area contributed by atoms with Crippen LogP contribution in [0.3, 0.4) is 0 Å². The molecule has 0 amide bonds. The van der Waals surface area contributed by atoms with Gasteiger partial charge in [0, 0.05) is 0 Å². The minimum atomic E-state index is 0.241. The van der Waals surface area contributed by atoms with Crippen molar-refractivity contribution in [3.8, 4) is 0 Å². The maximum atomic E-state index is 7.07. The Morgan fingerprint density at radius 2 is 1.62 bits per heavy atom. The van der Waals surface area contributed by atoms with Gasteiger partial charge in [0.15, 0.2) is 0 Å². The lowest BCUT2D eigenvalue weighted by Crippen LogP contribution is -2.06. The van der Waals surface area contributed by atoms with Crippen LogP contribution in [0.15, 0.2) is 12.2 Å². The number of allylic oxidation sites excluding steroid dienone is 1. The number of hydrogen-bond acceptors (Lipinski definition) is 2. The molecular formula is C6H10N2. The van der Waals surface area contributed by atoms with Gasteiger partial charge >= 0.3 is 0 Å². The Balaban J connectivity index is 4.05. The van der Waals surface area contributed by atoms with Gasteiger partial charge in [-0.15, -0.1) is 0 Å². The van der Waals surface area contributed by atoms with E-state index in [9.17, 15) is 0 Å². The average Bonchev–Trinajstić information content (AvgIpc) is 1.64. The quantitative estimate of drug-likeness (QED) is 0.507. The fraction of sp³-hybridized carbons (Fsp3) is 0.333. The molecule has 0 atom stereocenters. The van der Waals surface area contributed by atoms with Gasteiger partial charge in [-0.3, -0.25) is 5.41 Å². The highest BCUT2D eigenvalue weighted by Crippen LogP contribution is 1.90. The zero-order valence-corrected chi connectivity index (χ0v) is 5.21. The molecule has 0 aliphatic heterocycles. The van der Waals surface area contributed by atoms with E-state index in [1.165, 1.54) is 0 Å². The molecule has 0 bridgehead atoms. The van der Waals surface area contributed by atoms with Crippen molar-refractivity contribution in [2.24, 2.45) is 0 Å². The maximum Gasteiger partial charge on any atom is 0.0767 e. The standard InChI is InChI=1S/C6H10N2/c1-4(2)6(8)5(3)7/h7-8H,1H2,2-3H3. The summed E-state index contributed by atoms with van der Waals surface area (Å²) in [6, 6.07) is 0. The van der Waals surface area contributed by atoms with E-state index in [-0.39, 0.29) is 11.4 Å². The summed E-state index contributed by atoms with van der Waals surface area (Å²) in [5.41, 5.74) is 1.17. The minimum absolute atomic E-state index is 0.241. The van der Waals surface area contributed by atoms with Crippen LogP contribution in [0.25, 0.3) is 0 Å². The number of rotatable bonds is 2. The smallest absolute Gasteiger partial charge is 0.0767 e. The molecule has 0 fully saturated rings. The van der Waals surface area contributed by atoms with Gasteiger partial charge in [0.1, 0.15) is 0 Å². The summed E-state index contributed by atoms with van der Waals surface area (Å²) in [6.07, 6.45) is 0. The summed E-state index contributed by atoms with van der Waals surface area (Å²) in [5, 5.41) is 14.0. The van der Waals surface area contributed by atoms with Crippen LogP contribution in [0.4, 0.5) is 0 Å². The van der Waals surface area contributed by atoms with Crippen molar-refractivity contribution in [2.45, 2.75) is 13.8 Å². The van der Waals surface area contributed by atoms with Crippen molar-refractivity contribution in [3.63, 3.8) is 0 Å². The molecule has 8 heavy (non-hydrogen) atoms. The monoisotopic (exact) mass is 110 g/mol. The molecule has 0 aromatic carbocycles. The Labute approximate surface area is 49.2 Å². The van der Waals surface area contributed by atoms with Gasteiger partial charge in [-0.2, -0.15) is 0 Å². The third-order valence-electron chi connectivity index (χ3n) is 0.802. The first-order chi connectivity index (χ1) is 3.55. The van der Waals surface area contributed by atoms with Gasteiger partial charge in [-0.25, -0.2) is 0 Å². The highest BCUT2D eigenvalue weighted by Gasteiger charge is 1.96. The van der Waals surface area contributed by atoms with Crippen LogP contribution in [0.5, 0.6) is 0 Å². The minimum Gasteiger partial charge on any atom is -0.303 e. The molecule has 0 saturated heterocycles. The van der Waals surface area contributed by atoms with Crippen LogP contribution in [0.2, 0.25) is 0 Å². The topological polar surface area (TPSA) is 47.7 Å². The van der Waals surface area contributed by atoms with Gasteiger partial charge in [0.2, 0.25) is 0 Å². The molecule has 0 aromatic rings. The Hall–Kier alpha value is -0.920. The van der Waals surface area contributed by atoms with Gasteiger partial charge < -0.3 is 5.41 Å². The lowest BCUT2D eigenvalue weighted by atomic mass is 10.1. The summed E-state index contributed by atoms with van der Waals surface area (Å²) < 4.78 is 0. The highest BCUT2D eigenvalue weighted by molar-refractivity contribution is 6.44. The normalized spacial score (nSPS) is 8.25. The molecule has 0 aliphatic rings. The first-order valence-electron chi connectivity index (χ1n) is 2.35. The van der Waals surface area contributed by atoms with Gasteiger partial charge in [0.25, 0.3) is 0 Å². The number of hydrogen-bond donors (Lipinski definition) is 2. The third kappa shape index (κ3) is 1.69. The summed E-state index contributed by atoms with van der Waals surface area (Å²) in [6.45, 7) is 6.81. The Kier molecular flexibility index (Phi) is 2.13. The predicted molar refractivity (Wildman–Crippen MR) is 35.9 cm³/mol. The first-order valence-corrected chi connectivity index (χ1v) is 2.35. The third-order valence-corrected chi connectivity index (χ3v) is 0.802. The molecular weight excluding hydrogens is 100 g/mol. The second kappa shape index (κ2) is 2.40. The molecule has 44 valence electrons. The van der Waals surface area contributed by atoms with Crippen LogP contribution in [-0.2, 0) is 0 Å². The van der Waals surface area contributed by atoms with Crippen molar-refractivity contribution in [3.05, 3.63) is 12.2 Å². The van der Waals surface area contributed by atoms with Crippen molar-refractivity contribution in [1.29, 1.82) is 10.8 Å². The van der Waals surface area contributed by atoms with Crippen molar-refractivity contribution in [2.75, 3.05) is 0 Å². The summed E-state index contributed by atoms with van der Waals surface area (Å²) in [7, 11) is 0. The van der Waals surface area contributed by atoms with E-state index in [0.717, 1.165) is 0 Å². The zero-order valence-electron chi connectivity index (χ0n) is 5.21. The van der Waals surface area contributed by atoms with Crippen LogP contribution in [0, 0.1) is 10.8 Å². The SMILES string of the molecule is C=C(C)C(=N)C(C)=N. The molecule has 0 aliphatic carbocycles.